The van der Waals surface area contributed by atoms with E-state index in [0.717, 1.165) is 42.0 Å². The highest BCUT2D eigenvalue weighted by molar-refractivity contribution is 5.84. The maximum atomic E-state index is 7.74. The van der Waals surface area contributed by atoms with Gasteiger partial charge in [0, 0.05) is 65.7 Å². The number of pyridine rings is 1. The van der Waals surface area contributed by atoms with E-state index in [0.29, 0.717) is 12.1 Å². The quantitative estimate of drug-likeness (QED) is 0.185. The second-order valence-electron chi connectivity index (χ2n) is 10.2. The number of fused-ring (bicyclic) bond motifs is 1. The van der Waals surface area contributed by atoms with Crippen molar-refractivity contribution in [1.82, 2.24) is 25.9 Å². The summed E-state index contributed by atoms with van der Waals surface area (Å²) < 4.78 is 0. The third-order valence-corrected chi connectivity index (χ3v) is 7.12. The van der Waals surface area contributed by atoms with Crippen molar-refractivity contribution in [2.24, 2.45) is 0 Å². The van der Waals surface area contributed by atoms with E-state index >= 15 is 0 Å². The number of nitrogens with one attached hydrogen (secondary N) is 5. The van der Waals surface area contributed by atoms with Crippen LogP contribution in [0.1, 0.15) is 61.4 Å². The van der Waals surface area contributed by atoms with Gasteiger partial charge in [0.05, 0.1) is 0 Å². The molecule has 1 saturated heterocycles. The normalized spacial score (nSPS) is 16.4. The Bertz CT molecular complexity index is 1260. The minimum absolute atomic E-state index is 0.314. The summed E-state index contributed by atoms with van der Waals surface area (Å²) in [6.45, 7) is 14.5. The monoisotopic (exact) mass is 484 g/mol. The molecule has 5 N–H and O–H groups in total. The van der Waals surface area contributed by atoms with Crippen LogP contribution in [-0.4, -0.2) is 35.3 Å². The summed E-state index contributed by atoms with van der Waals surface area (Å²) in [7, 11) is 0. The fourth-order valence-electron chi connectivity index (χ4n) is 4.92. The van der Waals surface area contributed by atoms with Crippen molar-refractivity contribution in [1.29, 1.82) is 5.41 Å². The lowest BCUT2D eigenvalue weighted by Gasteiger charge is -2.27. The summed E-state index contributed by atoms with van der Waals surface area (Å²) in [6, 6.07) is 7.65. The topological polar surface area (TPSA) is 88.6 Å². The molecule has 0 amide bonds. The van der Waals surface area contributed by atoms with E-state index in [9.17, 15) is 0 Å². The average molecular weight is 485 g/mol. The second-order valence-corrected chi connectivity index (χ2v) is 10.2. The van der Waals surface area contributed by atoms with Gasteiger partial charge in [-0.05, 0) is 93.5 Å². The Morgan fingerprint density at radius 1 is 1.22 bits per heavy atom. The Hall–Kier alpha value is -3.38. The van der Waals surface area contributed by atoms with Crippen molar-refractivity contribution in [3.8, 4) is 11.1 Å². The van der Waals surface area contributed by atoms with Crippen molar-refractivity contribution in [3.05, 3.63) is 76.9 Å². The standard InChI is InChI=1S/C30H40N6/c1-19(2)34-18-26(15-31)22(5)32-11-9-23-12-24(13-28(21(23)4)29-8-6-7-10-33-29)25-14-27-20(3)16-35-30(27)36-17-25/h12-19,29,31-34H,5-11H2,1-4H3,(H,35,36)/b26-18+,31-15?. The number of aromatic nitrogens is 2. The Morgan fingerprint density at radius 3 is 2.78 bits per heavy atom. The number of aryl methyl sites for hydroxylation is 1. The minimum atomic E-state index is 0.314. The molecular weight excluding hydrogens is 444 g/mol. The van der Waals surface area contributed by atoms with Crippen molar-refractivity contribution in [2.75, 3.05) is 13.1 Å². The highest BCUT2D eigenvalue weighted by Crippen LogP contribution is 2.33. The van der Waals surface area contributed by atoms with Crippen LogP contribution in [0.2, 0.25) is 0 Å². The summed E-state index contributed by atoms with van der Waals surface area (Å²) in [5.74, 6) is 0. The Morgan fingerprint density at radius 2 is 2.06 bits per heavy atom. The highest BCUT2D eigenvalue weighted by atomic mass is 14.9. The van der Waals surface area contributed by atoms with Gasteiger partial charge in [-0.2, -0.15) is 0 Å². The molecule has 1 aliphatic heterocycles. The van der Waals surface area contributed by atoms with Gasteiger partial charge in [-0.15, -0.1) is 0 Å². The number of H-pyrrole nitrogens is 1. The van der Waals surface area contributed by atoms with Gasteiger partial charge < -0.3 is 26.3 Å². The van der Waals surface area contributed by atoms with E-state index in [4.69, 9.17) is 5.41 Å². The molecule has 1 aliphatic rings. The smallest absolute Gasteiger partial charge is 0.137 e. The van der Waals surface area contributed by atoms with Crippen LogP contribution in [0.5, 0.6) is 0 Å². The summed E-state index contributed by atoms with van der Waals surface area (Å²) in [5, 5.41) is 19.3. The lowest BCUT2D eigenvalue weighted by Crippen LogP contribution is -2.28. The molecule has 1 aromatic carbocycles. The first-order valence-corrected chi connectivity index (χ1v) is 13.1. The molecule has 1 fully saturated rings. The van der Waals surface area contributed by atoms with Crippen LogP contribution in [0.3, 0.4) is 0 Å². The summed E-state index contributed by atoms with van der Waals surface area (Å²) in [5.41, 5.74) is 10.1. The molecule has 0 radical (unpaired) electrons. The van der Waals surface area contributed by atoms with Crippen LogP contribution in [0.4, 0.5) is 0 Å². The largest absolute Gasteiger partial charge is 0.388 e. The van der Waals surface area contributed by atoms with Crippen molar-refractivity contribution in [3.63, 3.8) is 0 Å². The Balaban J connectivity index is 1.61. The van der Waals surface area contributed by atoms with Crippen molar-refractivity contribution >= 4 is 17.2 Å². The van der Waals surface area contributed by atoms with Gasteiger partial charge in [0.1, 0.15) is 5.65 Å². The summed E-state index contributed by atoms with van der Waals surface area (Å²) in [4.78, 5) is 7.94. The predicted octanol–water partition coefficient (Wildman–Crippen LogP) is 5.84. The van der Waals surface area contributed by atoms with Crippen LogP contribution in [0.25, 0.3) is 22.2 Å². The van der Waals surface area contributed by atoms with Gasteiger partial charge in [0.2, 0.25) is 0 Å². The van der Waals surface area contributed by atoms with E-state index in [1.54, 1.807) is 0 Å². The molecule has 0 bridgehead atoms. The van der Waals surface area contributed by atoms with E-state index < -0.39 is 0 Å². The van der Waals surface area contributed by atoms with Crippen LogP contribution in [0.15, 0.2) is 54.6 Å². The maximum Gasteiger partial charge on any atom is 0.137 e. The lowest BCUT2D eigenvalue weighted by molar-refractivity contribution is 0.411. The molecule has 1 unspecified atom stereocenters. The fraction of sp³-hybridized carbons (Fsp3) is 0.400. The predicted molar refractivity (Wildman–Crippen MR) is 152 cm³/mol. The van der Waals surface area contributed by atoms with Gasteiger partial charge >= 0.3 is 0 Å². The number of allylic oxidation sites excluding steroid dienone is 1. The van der Waals surface area contributed by atoms with Crippen LogP contribution in [-0.2, 0) is 6.42 Å². The van der Waals surface area contributed by atoms with Crippen molar-refractivity contribution in [2.45, 2.75) is 65.5 Å². The molecule has 2 aromatic heterocycles. The third kappa shape index (κ3) is 5.88. The molecular formula is C30H40N6. The number of benzene rings is 1. The van der Waals surface area contributed by atoms with Gasteiger partial charge in [-0.1, -0.05) is 19.1 Å². The molecule has 190 valence electrons. The van der Waals surface area contributed by atoms with Crippen LogP contribution in [0, 0.1) is 19.3 Å². The molecule has 6 nitrogen and oxygen atoms in total. The third-order valence-electron chi connectivity index (χ3n) is 7.12. The number of rotatable bonds is 10. The maximum absolute atomic E-state index is 7.74. The summed E-state index contributed by atoms with van der Waals surface area (Å²) >= 11 is 0. The van der Waals surface area contributed by atoms with Gasteiger partial charge in [-0.3, -0.25) is 0 Å². The molecule has 1 atom stereocenters. The zero-order valence-corrected chi connectivity index (χ0v) is 22.1. The van der Waals surface area contributed by atoms with Crippen molar-refractivity contribution < 1.29 is 0 Å². The number of nitrogens with zero attached hydrogens (tertiary/aromatic N) is 1. The zero-order chi connectivity index (χ0) is 25.7. The fourth-order valence-corrected chi connectivity index (χ4v) is 4.92. The first kappa shape index (κ1) is 25.7. The molecule has 4 rings (SSSR count). The number of hydrogen-bond acceptors (Lipinski definition) is 5. The minimum Gasteiger partial charge on any atom is -0.388 e. The van der Waals surface area contributed by atoms with Gasteiger partial charge in [0.15, 0.2) is 0 Å². The number of hydrogen-bond donors (Lipinski definition) is 5. The average Bonchev–Trinajstić information content (AvgIpc) is 3.25. The Labute approximate surface area is 215 Å². The number of piperidine rings is 1. The second kappa shape index (κ2) is 11.6. The Kier molecular flexibility index (Phi) is 8.26. The highest BCUT2D eigenvalue weighted by Gasteiger charge is 2.20. The molecule has 0 saturated carbocycles. The molecule has 6 heteroatoms. The first-order valence-electron chi connectivity index (χ1n) is 13.1. The van der Waals surface area contributed by atoms with E-state index in [2.05, 4.69) is 78.4 Å². The zero-order valence-electron chi connectivity index (χ0n) is 22.1. The SMILES string of the molecule is C=C(NCCc1cc(-c2cnc3[nH]cc(C)c3c2)cc(C2CCCCN2)c1C)/C(C=N)=C/NC(C)C. The number of aromatic amines is 1. The van der Waals surface area contributed by atoms with E-state index in [1.165, 1.54) is 58.7 Å². The molecule has 3 aromatic rings. The van der Waals surface area contributed by atoms with Crippen LogP contribution < -0.4 is 16.0 Å². The van der Waals surface area contributed by atoms with Crippen LogP contribution >= 0.6 is 0 Å². The molecule has 0 aliphatic carbocycles. The molecule has 36 heavy (non-hydrogen) atoms. The first-order chi connectivity index (χ1) is 17.4. The van der Waals surface area contributed by atoms with E-state index in [-0.39, 0.29) is 0 Å². The lowest BCUT2D eigenvalue weighted by atomic mass is 9.87. The molecule has 0 spiro atoms. The van der Waals surface area contributed by atoms with Gasteiger partial charge in [-0.25, -0.2) is 4.98 Å². The summed E-state index contributed by atoms with van der Waals surface area (Å²) in [6.07, 6.45) is 11.8. The van der Waals surface area contributed by atoms with Gasteiger partial charge in [0.25, 0.3) is 0 Å². The van der Waals surface area contributed by atoms with E-state index in [1.807, 2.05) is 18.6 Å². The molecule has 3 heterocycles.